The van der Waals surface area contributed by atoms with Gasteiger partial charge < -0.3 is 14.1 Å². The third-order valence-corrected chi connectivity index (χ3v) is 5.53. The maximum atomic E-state index is 11.6. The van der Waals surface area contributed by atoms with Gasteiger partial charge in [-0.05, 0) is 50.5 Å². The van der Waals surface area contributed by atoms with Crippen LogP contribution >= 0.6 is 0 Å². The molecular formula is C21H29N3O3. The summed E-state index contributed by atoms with van der Waals surface area (Å²) in [7, 11) is 3.56. The highest BCUT2D eigenvalue weighted by Gasteiger charge is 2.28. The number of rotatable bonds is 5. The molecule has 0 N–H and O–H groups in total. The largest absolute Gasteiger partial charge is 0.496 e. The fourth-order valence-corrected chi connectivity index (χ4v) is 3.67. The molecule has 0 bridgehead atoms. The Hall–Kier alpha value is -2.34. The molecule has 1 fully saturated rings. The second kappa shape index (κ2) is 7.72. The van der Waals surface area contributed by atoms with Crippen LogP contribution in [0.1, 0.15) is 35.9 Å². The highest BCUT2D eigenvalue weighted by Crippen LogP contribution is 2.31. The molecule has 1 atom stereocenters. The van der Waals surface area contributed by atoms with Gasteiger partial charge in [0, 0.05) is 45.2 Å². The minimum Gasteiger partial charge on any atom is -0.496 e. The summed E-state index contributed by atoms with van der Waals surface area (Å²) in [5.74, 6) is 2.49. The van der Waals surface area contributed by atoms with Crippen LogP contribution in [0.15, 0.2) is 16.5 Å². The van der Waals surface area contributed by atoms with Crippen molar-refractivity contribution in [3.63, 3.8) is 0 Å². The zero-order chi connectivity index (χ0) is 19.7. The van der Waals surface area contributed by atoms with Gasteiger partial charge in [0.15, 0.2) is 0 Å². The van der Waals surface area contributed by atoms with Crippen LogP contribution in [-0.2, 0) is 11.3 Å². The van der Waals surface area contributed by atoms with Crippen LogP contribution in [0, 0.1) is 20.8 Å². The number of likely N-dealkylation sites (tertiary alicyclic amines) is 1. The Morgan fingerprint density at radius 3 is 2.74 bits per heavy atom. The molecule has 2 heterocycles. The summed E-state index contributed by atoms with van der Waals surface area (Å²) in [6, 6.07) is 4.37. The van der Waals surface area contributed by atoms with Gasteiger partial charge in [-0.2, -0.15) is 0 Å². The van der Waals surface area contributed by atoms with Crippen LogP contribution in [0.25, 0.3) is 11.5 Å². The predicted octanol–water partition coefficient (Wildman–Crippen LogP) is 3.33. The SMILES string of the molecule is COc1cc(C)c(-c2nc(CN3CCC(N(C)C(C)=O)C3)c(C)o2)cc1C. The number of oxazole rings is 1. The minimum absolute atomic E-state index is 0.118. The van der Waals surface area contributed by atoms with E-state index in [0.29, 0.717) is 5.89 Å². The van der Waals surface area contributed by atoms with Crippen molar-refractivity contribution >= 4 is 5.91 Å². The van der Waals surface area contributed by atoms with Crippen LogP contribution in [0.4, 0.5) is 0 Å². The molecule has 0 spiro atoms. The highest BCUT2D eigenvalue weighted by atomic mass is 16.5. The number of aryl methyl sites for hydroxylation is 3. The lowest BCUT2D eigenvalue weighted by molar-refractivity contribution is -0.129. The Balaban J connectivity index is 1.76. The number of benzene rings is 1. The molecule has 1 aliphatic rings. The third kappa shape index (κ3) is 4.00. The number of nitrogens with zero attached hydrogens (tertiary/aromatic N) is 3. The number of hydrogen-bond donors (Lipinski definition) is 0. The Kier molecular flexibility index (Phi) is 5.56. The summed E-state index contributed by atoms with van der Waals surface area (Å²) in [5, 5.41) is 0. The van der Waals surface area contributed by atoms with E-state index in [2.05, 4.69) is 11.0 Å². The lowest BCUT2D eigenvalue weighted by atomic mass is 10.0. The van der Waals surface area contributed by atoms with Crippen molar-refractivity contribution in [2.24, 2.45) is 0 Å². The van der Waals surface area contributed by atoms with Gasteiger partial charge in [-0.3, -0.25) is 9.69 Å². The Bertz CT molecular complexity index is 843. The normalized spacial score (nSPS) is 17.3. The van der Waals surface area contributed by atoms with E-state index >= 15 is 0 Å². The Morgan fingerprint density at radius 1 is 1.33 bits per heavy atom. The molecule has 2 aromatic rings. The number of likely N-dealkylation sites (N-methyl/N-ethyl adjacent to an activating group) is 1. The van der Waals surface area contributed by atoms with Crippen LogP contribution in [0.5, 0.6) is 5.75 Å². The van der Waals surface area contributed by atoms with Crippen molar-refractivity contribution in [1.29, 1.82) is 0 Å². The maximum Gasteiger partial charge on any atom is 0.226 e. The summed E-state index contributed by atoms with van der Waals surface area (Å²) in [6.45, 7) is 10.2. The standard InChI is InChI=1S/C21H29N3O3/c1-13-10-20(26-6)14(2)9-18(13)21-22-19(15(3)27-21)12-24-8-7-17(11-24)23(5)16(4)25/h9-10,17H,7-8,11-12H2,1-6H3. The first-order valence-corrected chi connectivity index (χ1v) is 9.37. The number of ether oxygens (including phenoxy) is 1. The highest BCUT2D eigenvalue weighted by molar-refractivity contribution is 5.73. The van der Waals surface area contributed by atoms with Gasteiger partial charge in [-0.25, -0.2) is 4.98 Å². The summed E-state index contributed by atoms with van der Waals surface area (Å²) in [6.07, 6.45) is 0.997. The van der Waals surface area contributed by atoms with E-state index in [4.69, 9.17) is 14.1 Å². The van der Waals surface area contributed by atoms with E-state index in [1.54, 1.807) is 14.0 Å². The number of aromatic nitrogens is 1. The fraction of sp³-hybridized carbons (Fsp3) is 0.524. The monoisotopic (exact) mass is 371 g/mol. The van der Waals surface area contributed by atoms with Crippen LogP contribution in [0.2, 0.25) is 0 Å². The van der Waals surface area contributed by atoms with Gasteiger partial charge in [0.2, 0.25) is 11.8 Å². The minimum atomic E-state index is 0.118. The lowest BCUT2D eigenvalue weighted by Crippen LogP contribution is -2.37. The molecule has 1 saturated heterocycles. The zero-order valence-corrected chi connectivity index (χ0v) is 17.1. The topological polar surface area (TPSA) is 58.8 Å². The van der Waals surface area contributed by atoms with Crippen LogP contribution < -0.4 is 4.74 Å². The van der Waals surface area contributed by atoms with Crippen molar-refractivity contribution in [3.8, 4) is 17.2 Å². The first kappa shape index (κ1) is 19.4. The van der Waals surface area contributed by atoms with Gasteiger partial charge in [-0.1, -0.05) is 0 Å². The van der Waals surface area contributed by atoms with Gasteiger partial charge in [0.25, 0.3) is 0 Å². The molecule has 0 saturated carbocycles. The number of amides is 1. The molecule has 1 aromatic heterocycles. The van der Waals surface area contributed by atoms with Crippen molar-refractivity contribution in [2.75, 3.05) is 27.2 Å². The molecule has 6 nitrogen and oxygen atoms in total. The molecule has 1 amide bonds. The number of hydrogen-bond acceptors (Lipinski definition) is 5. The van der Waals surface area contributed by atoms with E-state index in [0.717, 1.165) is 59.9 Å². The number of carbonyl (C=O) groups excluding carboxylic acids is 1. The molecule has 1 aliphatic heterocycles. The van der Waals surface area contributed by atoms with E-state index in [1.165, 1.54) is 0 Å². The average molecular weight is 371 g/mol. The quantitative estimate of drug-likeness (QED) is 0.807. The fourth-order valence-electron chi connectivity index (χ4n) is 3.67. The summed E-state index contributed by atoms with van der Waals surface area (Å²) in [4.78, 5) is 20.5. The van der Waals surface area contributed by atoms with E-state index in [-0.39, 0.29) is 11.9 Å². The average Bonchev–Trinajstić information content (AvgIpc) is 3.23. The van der Waals surface area contributed by atoms with Crippen molar-refractivity contribution < 1.29 is 13.9 Å². The molecular weight excluding hydrogens is 342 g/mol. The molecule has 1 aromatic carbocycles. The number of methoxy groups -OCH3 is 1. The molecule has 27 heavy (non-hydrogen) atoms. The van der Waals surface area contributed by atoms with E-state index in [9.17, 15) is 4.79 Å². The van der Waals surface area contributed by atoms with Gasteiger partial charge in [-0.15, -0.1) is 0 Å². The molecule has 1 unspecified atom stereocenters. The van der Waals surface area contributed by atoms with E-state index < -0.39 is 0 Å². The smallest absolute Gasteiger partial charge is 0.226 e. The maximum absolute atomic E-state index is 11.6. The lowest BCUT2D eigenvalue weighted by Gasteiger charge is -2.23. The van der Waals surface area contributed by atoms with Gasteiger partial charge in [0.05, 0.1) is 12.8 Å². The van der Waals surface area contributed by atoms with Crippen molar-refractivity contribution in [3.05, 3.63) is 34.7 Å². The molecule has 146 valence electrons. The van der Waals surface area contributed by atoms with Crippen molar-refractivity contribution in [2.45, 2.75) is 46.7 Å². The predicted molar refractivity (Wildman–Crippen MR) is 105 cm³/mol. The Labute approximate surface area is 161 Å². The number of carbonyl (C=O) groups is 1. The zero-order valence-electron chi connectivity index (χ0n) is 17.1. The van der Waals surface area contributed by atoms with Crippen molar-refractivity contribution in [1.82, 2.24) is 14.8 Å². The molecule has 0 radical (unpaired) electrons. The van der Waals surface area contributed by atoms with E-state index in [1.807, 2.05) is 38.8 Å². The third-order valence-electron chi connectivity index (χ3n) is 5.53. The molecule has 6 heteroatoms. The second-order valence-corrected chi connectivity index (χ2v) is 7.47. The van der Waals surface area contributed by atoms with Crippen LogP contribution in [-0.4, -0.2) is 54.0 Å². The molecule has 3 rings (SSSR count). The first-order chi connectivity index (χ1) is 12.8. The van der Waals surface area contributed by atoms with Gasteiger partial charge in [0.1, 0.15) is 11.5 Å². The van der Waals surface area contributed by atoms with Crippen LogP contribution in [0.3, 0.4) is 0 Å². The summed E-state index contributed by atoms with van der Waals surface area (Å²) >= 11 is 0. The molecule has 0 aliphatic carbocycles. The Morgan fingerprint density at radius 2 is 2.07 bits per heavy atom. The second-order valence-electron chi connectivity index (χ2n) is 7.47. The summed E-state index contributed by atoms with van der Waals surface area (Å²) in [5.41, 5.74) is 4.10. The summed E-state index contributed by atoms with van der Waals surface area (Å²) < 4.78 is 11.4. The first-order valence-electron chi connectivity index (χ1n) is 9.37. The van der Waals surface area contributed by atoms with Gasteiger partial charge >= 0.3 is 0 Å².